The first-order chi connectivity index (χ1) is 17.9. The number of thioether (sulfide) groups is 1. The molecule has 1 aliphatic carbocycles. The first kappa shape index (κ1) is 26.9. The smallest absolute Gasteiger partial charge is 0.294 e. The summed E-state index contributed by atoms with van der Waals surface area (Å²) in [5.41, 5.74) is 1.41. The van der Waals surface area contributed by atoms with E-state index >= 15 is 0 Å². The molecule has 0 N–H and O–H groups in total. The highest BCUT2D eigenvalue weighted by Crippen LogP contribution is 2.49. The number of nitrogens with zero attached hydrogens (tertiary/aromatic N) is 3. The molecule has 2 aromatic carbocycles. The number of hydrogen-bond donors (Lipinski definition) is 0. The van der Waals surface area contributed by atoms with Gasteiger partial charge in [-0.2, -0.15) is 13.2 Å². The number of alkyl halides is 3. The molecule has 0 saturated carbocycles. The Morgan fingerprint density at radius 1 is 1.11 bits per heavy atom. The number of hydrogen-bond acceptors (Lipinski definition) is 6. The van der Waals surface area contributed by atoms with Gasteiger partial charge in [0.1, 0.15) is 0 Å². The third-order valence-corrected chi connectivity index (χ3v) is 9.08. The van der Waals surface area contributed by atoms with Gasteiger partial charge in [0.05, 0.1) is 5.56 Å². The maximum Gasteiger partial charge on any atom is 0.416 e. The molecular weight excluding hydrogens is 555 g/mol. The lowest BCUT2D eigenvalue weighted by atomic mass is 9.69. The fourth-order valence-electron chi connectivity index (χ4n) is 4.99. The molecule has 198 valence electrons. The number of Topliss-reactive ketones (excluding diaryl/α,β-unsaturated/α-hetero) is 1. The zero-order valence-electron chi connectivity index (χ0n) is 20.5. The molecule has 0 unspecified atom stereocenters. The average molecular weight is 578 g/mol. The van der Waals surface area contributed by atoms with E-state index in [-0.39, 0.29) is 29.3 Å². The van der Waals surface area contributed by atoms with Crippen molar-refractivity contribution in [3.05, 3.63) is 81.5 Å². The number of anilines is 1. The van der Waals surface area contributed by atoms with Crippen LogP contribution in [0.4, 0.5) is 18.3 Å². The number of rotatable bonds is 5. The number of carbonyl (C=O) groups excluding carboxylic acids is 2. The van der Waals surface area contributed by atoms with E-state index in [2.05, 4.69) is 10.2 Å². The number of amides is 1. The molecule has 1 aromatic heterocycles. The minimum absolute atomic E-state index is 0.0117. The van der Waals surface area contributed by atoms with Crippen LogP contribution < -0.4 is 4.90 Å². The van der Waals surface area contributed by atoms with Crippen LogP contribution in [0, 0.1) is 5.41 Å². The molecule has 0 fully saturated rings. The van der Waals surface area contributed by atoms with E-state index in [0.717, 1.165) is 17.7 Å². The van der Waals surface area contributed by atoms with Gasteiger partial charge >= 0.3 is 6.18 Å². The van der Waals surface area contributed by atoms with Gasteiger partial charge in [-0.15, -0.1) is 10.2 Å². The fourth-order valence-corrected chi connectivity index (χ4v) is 7.09. The van der Waals surface area contributed by atoms with Gasteiger partial charge in [0.15, 0.2) is 10.1 Å². The van der Waals surface area contributed by atoms with Crippen molar-refractivity contribution in [2.45, 2.75) is 55.3 Å². The second kappa shape index (κ2) is 10.1. The number of benzene rings is 2. The molecular formula is C27H23ClF3N3O2S2. The highest BCUT2D eigenvalue weighted by atomic mass is 35.5. The van der Waals surface area contributed by atoms with Gasteiger partial charge in [-0.25, -0.2) is 0 Å². The van der Waals surface area contributed by atoms with Crippen LogP contribution in [-0.4, -0.2) is 21.9 Å². The average Bonchev–Trinajstić information content (AvgIpc) is 3.29. The minimum Gasteiger partial charge on any atom is -0.294 e. The monoisotopic (exact) mass is 577 g/mol. The molecule has 2 aliphatic rings. The summed E-state index contributed by atoms with van der Waals surface area (Å²) in [4.78, 5) is 28.5. The summed E-state index contributed by atoms with van der Waals surface area (Å²) in [6.07, 6.45) is -3.47. The summed E-state index contributed by atoms with van der Waals surface area (Å²) in [5, 5.41) is 9.27. The van der Waals surface area contributed by atoms with Crippen molar-refractivity contribution in [1.82, 2.24) is 10.2 Å². The van der Waals surface area contributed by atoms with Crippen LogP contribution in [-0.2, 0) is 21.5 Å². The molecule has 1 aliphatic heterocycles. The molecule has 5 nitrogen and oxygen atoms in total. The Hall–Kier alpha value is -2.69. The van der Waals surface area contributed by atoms with E-state index in [1.807, 2.05) is 32.0 Å². The van der Waals surface area contributed by atoms with Gasteiger partial charge in [0.2, 0.25) is 11.0 Å². The lowest BCUT2D eigenvalue weighted by Crippen LogP contribution is -2.43. The molecule has 5 rings (SSSR count). The standard InChI is InChI=1S/C27H23ClF3N3O2S2/c1-26(2)12-20-23(21(35)13-26)18(17-8-3-4-9-19(17)28)11-22(36)34(20)24-32-33-25(38-24)37-14-15-6-5-7-16(10-15)27(29,30)31/h3-10,18H,11-14H2,1-2H3/t18-/m1/s1. The Balaban J connectivity index is 1.46. The quantitative estimate of drug-likeness (QED) is 0.230. The SMILES string of the molecule is CC1(C)CC(=O)C2=C(C1)N(c1nnc(SCc3cccc(C(F)(F)F)c3)s1)C(=O)C[C@@H]2c1ccccc1Cl. The summed E-state index contributed by atoms with van der Waals surface area (Å²) >= 11 is 8.90. The van der Waals surface area contributed by atoms with Crippen LogP contribution >= 0.6 is 34.7 Å². The van der Waals surface area contributed by atoms with E-state index in [9.17, 15) is 22.8 Å². The summed E-state index contributed by atoms with van der Waals surface area (Å²) in [5.74, 6) is -0.388. The highest BCUT2D eigenvalue weighted by molar-refractivity contribution is 8.00. The van der Waals surface area contributed by atoms with Crippen molar-refractivity contribution in [2.75, 3.05) is 4.90 Å². The van der Waals surface area contributed by atoms with E-state index in [0.29, 0.717) is 44.2 Å². The maximum absolute atomic E-state index is 13.5. The van der Waals surface area contributed by atoms with Crippen LogP contribution in [0.5, 0.6) is 0 Å². The number of allylic oxidation sites excluding steroid dienone is 2. The zero-order valence-corrected chi connectivity index (χ0v) is 22.9. The minimum atomic E-state index is -4.41. The summed E-state index contributed by atoms with van der Waals surface area (Å²) in [6, 6.07) is 12.4. The van der Waals surface area contributed by atoms with Gasteiger partial charge in [-0.1, -0.05) is 84.9 Å². The molecule has 0 bridgehead atoms. The van der Waals surface area contributed by atoms with Crippen molar-refractivity contribution in [3.63, 3.8) is 0 Å². The predicted molar refractivity (Wildman–Crippen MR) is 142 cm³/mol. The largest absolute Gasteiger partial charge is 0.416 e. The first-order valence-electron chi connectivity index (χ1n) is 11.9. The fraction of sp³-hybridized carbons (Fsp3) is 0.333. The Bertz CT molecular complexity index is 1450. The Kier molecular flexibility index (Phi) is 7.17. The first-order valence-corrected chi connectivity index (χ1v) is 14.1. The lowest BCUT2D eigenvalue weighted by Gasteiger charge is -2.41. The van der Waals surface area contributed by atoms with Crippen molar-refractivity contribution in [2.24, 2.45) is 5.41 Å². The van der Waals surface area contributed by atoms with E-state index < -0.39 is 17.7 Å². The third-order valence-electron chi connectivity index (χ3n) is 6.63. The van der Waals surface area contributed by atoms with Gasteiger partial charge in [-0.3, -0.25) is 14.5 Å². The van der Waals surface area contributed by atoms with Crippen LogP contribution in [0.15, 0.2) is 64.1 Å². The molecule has 1 amide bonds. The van der Waals surface area contributed by atoms with Crippen molar-refractivity contribution < 1.29 is 22.8 Å². The normalized spacial score (nSPS) is 19.6. The molecule has 3 aromatic rings. The predicted octanol–water partition coefficient (Wildman–Crippen LogP) is 7.67. The van der Waals surface area contributed by atoms with Crippen molar-refractivity contribution in [3.8, 4) is 0 Å². The Morgan fingerprint density at radius 2 is 1.87 bits per heavy atom. The number of ketones is 1. The molecule has 0 radical (unpaired) electrons. The van der Waals surface area contributed by atoms with Crippen LogP contribution in [0.2, 0.25) is 5.02 Å². The second-order valence-electron chi connectivity index (χ2n) is 10.1. The molecule has 0 spiro atoms. The van der Waals surface area contributed by atoms with Crippen LogP contribution in [0.1, 0.15) is 55.7 Å². The molecule has 0 saturated heterocycles. The number of aromatic nitrogens is 2. The summed E-state index contributed by atoms with van der Waals surface area (Å²) < 4.78 is 39.7. The topological polar surface area (TPSA) is 63.2 Å². The van der Waals surface area contributed by atoms with Crippen LogP contribution in [0.3, 0.4) is 0 Å². The zero-order chi connectivity index (χ0) is 27.2. The molecule has 2 heterocycles. The maximum atomic E-state index is 13.5. The number of halogens is 4. The molecule has 38 heavy (non-hydrogen) atoms. The van der Waals surface area contributed by atoms with Crippen LogP contribution in [0.25, 0.3) is 0 Å². The van der Waals surface area contributed by atoms with Gasteiger partial charge in [-0.05, 0) is 35.1 Å². The third kappa shape index (κ3) is 5.39. The van der Waals surface area contributed by atoms with Crippen molar-refractivity contribution >= 4 is 51.5 Å². The molecule has 11 heteroatoms. The van der Waals surface area contributed by atoms with Crippen molar-refractivity contribution in [1.29, 1.82) is 0 Å². The van der Waals surface area contributed by atoms with E-state index in [4.69, 9.17) is 11.6 Å². The Labute approximate surface area is 231 Å². The highest BCUT2D eigenvalue weighted by Gasteiger charge is 2.45. The van der Waals surface area contributed by atoms with E-state index in [1.54, 1.807) is 12.1 Å². The molecule has 1 atom stereocenters. The van der Waals surface area contributed by atoms with Gasteiger partial charge in [0, 0.05) is 40.8 Å². The second-order valence-corrected chi connectivity index (χ2v) is 12.7. The van der Waals surface area contributed by atoms with Gasteiger partial charge < -0.3 is 0 Å². The van der Waals surface area contributed by atoms with Gasteiger partial charge in [0.25, 0.3) is 0 Å². The number of carbonyl (C=O) groups is 2. The van der Waals surface area contributed by atoms with E-state index in [1.165, 1.54) is 34.1 Å². The lowest BCUT2D eigenvalue weighted by molar-refractivity contribution is -0.137. The summed E-state index contributed by atoms with van der Waals surface area (Å²) in [6.45, 7) is 3.99. The Morgan fingerprint density at radius 3 is 2.61 bits per heavy atom. The summed E-state index contributed by atoms with van der Waals surface area (Å²) in [7, 11) is 0.